The maximum atomic E-state index is 11.8. The van der Waals surface area contributed by atoms with E-state index in [9.17, 15) is 4.79 Å². The minimum absolute atomic E-state index is 0. The Kier molecular flexibility index (Phi) is 12.6. The van der Waals surface area contributed by atoms with E-state index < -0.39 is 0 Å². The molecule has 0 saturated carbocycles. The molecule has 1 fully saturated rings. The quantitative estimate of drug-likeness (QED) is 0.196. The first-order valence-corrected chi connectivity index (χ1v) is 9.68. The summed E-state index contributed by atoms with van der Waals surface area (Å²) in [6.07, 6.45) is 0. The molecule has 1 aromatic rings. The molecule has 10 heteroatoms. The summed E-state index contributed by atoms with van der Waals surface area (Å²) >= 11 is 1.75. The van der Waals surface area contributed by atoms with E-state index in [4.69, 9.17) is 9.47 Å². The van der Waals surface area contributed by atoms with E-state index in [-0.39, 0.29) is 42.5 Å². The third-order valence-corrected chi connectivity index (χ3v) is 5.06. The first-order chi connectivity index (χ1) is 12.7. The number of nitrogens with zero attached hydrogens (tertiary/aromatic N) is 2. The third kappa shape index (κ3) is 8.73. The van der Waals surface area contributed by atoms with Crippen molar-refractivity contribution in [2.45, 2.75) is 6.04 Å². The standard InChI is InChI=1S/C17H29N5O3S.HI/c1-18-17(21-13-16(23)19-5-8-24-2)20-12-14(15-4-3-11-26-15)22-6-9-25-10-7-22;/h3-4,11,14H,5-10,12-13H2,1-2H3,(H,19,23)(H2,18,20,21);1H. The van der Waals surface area contributed by atoms with Gasteiger partial charge in [0.05, 0.1) is 32.4 Å². The van der Waals surface area contributed by atoms with Gasteiger partial charge in [0, 0.05) is 45.2 Å². The van der Waals surface area contributed by atoms with Gasteiger partial charge in [0.1, 0.15) is 0 Å². The second-order valence-corrected chi connectivity index (χ2v) is 6.81. The zero-order chi connectivity index (χ0) is 18.6. The summed E-state index contributed by atoms with van der Waals surface area (Å²) in [5.74, 6) is 0.523. The molecule has 0 bridgehead atoms. The molecule has 1 aliphatic heterocycles. The van der Waals surface area contributed by atoms with E-state index in [1.165, 1.54) is 4.88 Å². The number of rotatable bonds is 9. The van der Waals surface area contributed by atoms with E-state index in [2.05, 4.69) is 43.4 Å². The molecule has 1 saturated heterocycles. The normalized spacial score (nSPS) is 16.3. The summed E-state index contributed by atoms with van der Waals surface area (Å²) in [7, 11) is 3.31. The van der Waals surface area contributed by atoms with Gasteiger partial charge in [-0.1, -0.05) is 6.07 Å². The van der Waals surface area contributed by atoms with Crippen molar-refractivity contribution in [2.24, 2.45) is 4.99 Å². The highest BCUT2D eigenvalue weighted by molar-refractivity contribution is 14.0. The molecule has 1 aliphatic rings. The predicted molar refractivity (Wildman–Crippen MR) is 119 cm³/mol. The van der Waals surface area contributed by atoms with Gasteiger partial charge in [-0.2, -0.15) is 0 Å². The summed E-state index contributed by atoms with van der Waals surface area (Å²) in [6, 6.07) is 4.49. The Hall–Kier alpha value is -0.950. The van der Waals surface area contributed by atoms with Crippen molar-refractivity contribution in [3.8, 4) is 0 Å². The predicted octanol–water partition coefficient (Wildman–Crippen LogP) is 0.667. The van der Waals surface area contributed by atoms with Crippen LogP contribution in [0.2, 0.25) is 0 Å². The summed E-state index contributed by atoms with van der Waals surface area (Å²) in [5.41, 5.74) is 0. The number of carbonyl (C=O) groups is 1. The lowest BCUT2D eigenvalue weighted by molar-refractivity contribution is -0.120. The number of guanidine groups is 1. The number of ether oxygens (including phenoxy) is 2. The molecule has 3 N–H and O–H groups in total. The molecule has 2 heterocycles. The van der Waals surface area contributed by atoms with Gasteiger partial charge >= 0.3 is 0 Å². The number of halogens is 1. The SMILES string of the molecule is CN=C(NCC(=O)NCCOC)NCC(c1cccs1)N1CCOCC1.I. The van der Waals surface area contributed by atoms with Gasteiger partial charge in [-0.3, -0.25) is 14.7 Å². The monoisotopic (exact) mass is 511 g/mol. The Morgan fingerprint density at radius 3 is 2.78 bits per heavy atom. The van der Waals surface area contributed by atoms with Crippen LogP contribution in [0, 0.1) is 0 Å². The highest BCUT2D eigenvalue weighted by Crippen LogP contribution is 2.25. The molecule has 2 rings (SSSR count). The molecule has 27 heavy (non-hydrogen) atoms. The van der Waals surface area contributed by atoms with Crippen LogP contribution in [0.1, 0.15) is 10.9 Å². The number of nitrogens with one attached hydrogen (secondary N) is 3. The molecule has 0 aromatic carbocycles. The number of morpholine rings is 1. The number of methoxy groups -OCH3 is 1. The molecule has 1 unspecified atom stereocenters. The van der Waals surface area contributed by atoms with Crippen molar-refractivity contribution in [1.82, 2.24) is 20.9 Å². The van der Waals surface area contributed by atoms with Crippen molar-refractivity contribution < 1.29 is 14.3 Å². The Morgan fingerprint density at radius 1 is 1.37 bits per heavy atom. The fourth-order valence-electron chi connectivity index (χ4n) is 2.71. The number of hydrogen-bond acceptors (Lipinski definition) is 6. The Bertz CT molecular complexity index is 553. The minimum atomic E-state index is -0.0898. The van der Waals surface area contributed by atoms with Crippen LogP contribution < -0.4 is 16.0 Å². The van der Waals surface area contributed by atoms with Crippen LogP contribution in [0.15, 0.2) is 22.5 Å². The van der Waals surface area contributed by atoms with Gasteiger partial charge in [0.2, 0.25) is 5.91 Å². The number of amides is 1. The van der Waals surface area contributed by atoms with Crippen LogP contribution in [0.4, 0.5) is 0 Å². The highest BCUT2D eigenvalue weighted by Gasteiger charge is 2.23. The van der Waals surface area contributed by atoms with Gasteiger partial charge in [-0.05, 0) is 11.4 Å². The second-order valence-electron chi connectivity index (χ2n) is 5.83. The average molecular weight is 511 g/mol. The lowest BCUT2D eigenvalue weighted by Gasteiger charge is -2.34. The zero-order valence-corrected chi connectivity index (χ0v) is 19.0. The first kappa shape index (κ1) is 24.1. The topological polar surface area (TPSA) is 87.2 Å². The average Bonchev–Trinajstić information content (AvgIpc) is 3.20. The van der Waals surface area contributed by atoms with Gasteiger partial charge < -0.3 is 25.4 Å². The molecular formula is C17H30IN5O3S. The number of hydrogen-bond donors (Lipinski definition) is 3. The molecule has 1 aromatic heterocycles. The first-order valence-electron chi connectivity index (χ1n) is 8.80. The van der Waals surface area contributed by atoms with E-state index in [1.54, 1.807) is 25.5 Å². The third-order valence-electron chi connectivity index (χ3n) is 4.09. The summed E-state index contributed by atoms with van der Waals surface area (Å²) < 4.78 is 10.4. The second kappa shape index (κ2) is 14.1. The molecule has 1 atom stereocenters. The van der Waals surface area contributed by atoms with E-state index in [0.29, 0.717) is 25.7 Å². The van der Waals surface area contributed by atoms with Crippen LogP contribution in [0.5, 0.6) is 0 Å². The van der Waals surface area contributed by atoms with Crippen molar-refractivity contribution in [2.75, 3.05) is 66.7 Å². The van der Waals surface area contributed by atoms with E-state index in [0.717, 1.165) is 26.3 Å². The van der Waals surface area contributed by atoms with Crippen molar-refractivity contribution in [1.29, 1.82) is 0 Å². The van der Waals surface area contributed by atoms with Crippen LogP contribution >= 0.6 is 35.3 Å². The maximum absolute atomic E-state index is 11.8. The summed E-state index contributed by atoms with van der Waals surface area (Å²) in [5, 5.41) is 11.3. The van der Waals surface area contributed by atoms with Crippen LogP contribution in [0.25, 0.3) is 0 Å². The van der Waals surface area contributed by atoms with Gasteiger partial charge in [0.25, 0.3) is 0 Å². The molecular weight excluding hydrogens is 481 g/mol. The van der Waals surface area contributed by atoms with Crippen LogP contribution in [-0.4, -0.2) is 83.5 Å². The van der Waals surface area contributed by atoms with E-state index in [1.807, 2.05) is 0 Å². The molecule has 1 amide bonds. The molecule has 154 valence electrons. The van der Waals surface area contributed by atoms with Gasteiger partial charge in [0.15, 0.2) is 5.96 Å². The summed E-state index contributed by atoms with van der Waals surface area (Å²) in [6.45, 7) is 5.24. The highest BCUT2D eigenvalue weighted by atomic mass is 127. The van der Waals surface area contributed by atoms with Crippen LogP contribution in [-0.2, 0) is 14.3 Å². The van der Waals surface area contributed by atoms with Gasteiger partial charge in [-0.25, -0.2) is 0 Å². The molecule has 8 nitrogen and oxygen atoms in total. The van der Waals surface area contributed by atoms with Crippen molar-refractivity contribution in [3.05, 3.63) is 22.4 Å². The lowest BCUT2D eigenvalue weighted by atomic mass is 10.2. The van der Waals surface area contributed by atoms with Gasteiger partial charge in [-0.15, -0.1) is 35.3 Å². The van der Waals surface area contributed by atoms with Crippen molar-refractivity contribution >= 4 is 47.2 Å². The van der Waals surface area contributed by atoms with Crippen LogP contribution in [0.3, 0.4) is 0 Å². The summed E-state index contributed by atoms with van der Waals surface area (Å²) in [4.78, 5) is 19.7. The fourth-order valence-corrected chi connectivity index (χ4v) is 3.57. The maximum Gasteiger partial charge on any atom is 0.239 e. The molecule has 0 radical (unpaired) electrons. The Balaban J connectivity index is 0.00000364. The Labute approximate surface area is 182 Å². The number of aliphatic imine (C=N–C) groups is 1. The largest absolute Gasteiger partial charge is 0.383 e. The lowest BCUT2D eigenvalue weighted by Crippen LogP contribution is -2.48. The molecule has 0 spiro atoms. The smallest absolute Gasteiger partial charge is 0.239 e. The zero-order valence-electron chi connectivity index (χ0n) is 15.9. The molecule has 0 aliphatic carbocycles. The number of thiophene rings is 1. The number of carbonyl (C=O) groups excluding carboxylic acids is 1. The van der Waals surface area contributed by atoms with Crippen molar-refractivity contribution in [3.63, 3.8) is 0 Å². The van der Waals surface area contributed by atoms with E-state index >= 15 is 0 Å². The Morgan fingerprint density at radius 2 is 2.15 bits per heavy atom. The fraction of sp³-hybridized carbons (Fsp3) is 0.647. The minimum Gasteiger partial charge on any atom is -0.383 e.